The summed E-state index contributed by atoms with van der Waals surface area (Å²) in [5.41, 5.74) is 0.712. The van der Waals surface area contributed by atoms with E-state index in [2.05, 4.69) is 26.6 Å². The maximum absolute atomic E-state index is 14.1. The van der Waals surface area contributed by atoms with E-state index in [0.717, 1.165) is 0 Å². The predicted octanol–water partition coefficient (Wildman–Crippen LogP) is 2.39. The molecule has 7 heteroatoms. The summed E-state index contributed by atoms with van der Waals surface area (Å²) in [6, 6.07) is 3.03. The number of esters is 1. The number of halogens is 2. The molecule has 2 amide bonds. The summed E-state index contributed by atoms with van der Waals surface area (Å²) < 4.78 is 19.3. The number of hydrogen-bond donors (Lipinski definition) is 2. The van der Waals surface area contributed by atoms with Gasteiger partial charge in [-0.05, 0) is 19.1 Å². The summed E-state index contributed by atoms with van der Waals surface area (Å²) in [5.74, 6) is -1.15. The molecule has 1 aromatic rings. The zero-order chi connectivity index (χ0) is 14.9. The average molecular weight is 343 g/mol. The number of carbonyl (C=O) groups is 2. The van der Waals surface area contributed by atoms with E-state index >= 15 is 0 Å². The van der Waals surface area contributed by atoms with E-state index in [0.29, 0.717) is 10.2 Å². The van der Waals surface area contributed by atoms with Crippen LogP contribution in [-0.4, -0.2) is 19.1 Å². The molecule has 2 rings (SSSR count). The van der Waals surface area contributed by atoms with Crippen LogP contribution >= 0.6 is 15.9 Å². The fourth-order valence-corrected chi connectivity index (χ4v) is 2.38. The Morgan fingerprint density at radius 1 is 1.45 bits per heavy atom. The van der Waals surface area contributed by atoms with E-state index in [9.17, 15) is 14.0 Å². The SMILES string of the molecule is COC(=O)C1=C(C)NC(=O)N[C@@H]1c1ccc(Br)cc1F. The highest BCUT2D eigenvalue weighted by Crippen LogP contribution is 2.30. The summed E-state index contributed by atoms with van der Waals surface area (Å²) in [7, 11) is 1.23. The van der Waals surface area contributed by atoms with Crippen molar-refractivity contribution in [2.75, 3.05) is 7.11 Å². The van der Waals surface area contributed by atoms with Gasteiger partial charge in [-0.25, -0.2) is 14.0 Å². The number of benzene rings is 1. The van der Waals surface area contributed by atoms with Crippen LogP contribution in [0.1, 0.15) is 18.5 Å². The molecule has 0 radical (unpaired) electrons. The van der Waals surface area contributed by atoms with Gasteiger partial charge in [-0.3, -0.25) is 0 Å². The van der Waals surface area contributed by atoms with E-state index in [-0.39, 0.29) is 11.1 Å². The minimum Gasteiger partial charge on any atom is -0.466 e. The molecular formula is C13H12BrFN2O3. The van der Waals surface area contributed by atoms with Crippen LogP contribution in [0.25, 0.3) is 0 Å². The third-order valence-electron chi connectivity index (χ3n) is 2.95. The van der Waals surface area contributed by atoms with Gasteiger partial charge in [-0.1, -0.05) is 22.0 Å². The van der Waals surface area contributed by atoms with Crippen LogP contribution in [0.15, 0.2) is 33.9 Å². The van der Waals surface area contributed by atoms with Crippen LogP contribution < -0.4 is 10.6 Å². The fourth-order valence-electron chi connectivity index (χ4n) is 2.04. The molecule has 20 heavy (non-hydrogen) atoms. The first kappa shape index (κ1) is 14.5. The molecular weight excluding hydrogens is 331 g/mol. The lowest BCUT2D eigenvalue weighted by atomic mass is 9.95. The van der Waals surface area contributed by atoms with Gasteiger partial charge in [0.25, 0.3) is 0 Å². The van der Waals surface area contributed by atoms with Crippen molar-refractivity contribution in [2.24, 2.45) is 0 Å². The minimum atomic E-state index is -0.885. The number of carbonyl (C=O) groups excluding carboxylic acids is 2. The quantitative estimate of drug-likeness (QED) is 0.811. The summed E-state index contributed by atoms with van der Waals surface area (Å²) in [6.07, 6.45) is 0. The number of methoxy groups -OCH3 is 1. The van der Waals surface area contributed by atoms with Gasteiger partial charge >= 0.3 is 12.0 Å². The van der Waals surface area contributed by atoms with Crippen LogP contribution in [0, 0.1) is 5.82 Å². The van der Waals surface area contributed by atoms with Gasteiger partial charge < -0.3 is 15.4 Å². The van der Waals surface area contributed by atoms with E-state index in [4.69, 9.17) is 4.74 Å². The Hall–Kier alpha value is -1.89. The van der Waals surface area contributed by atoms with Gasteiger partial charge in [0.1, 0.15) is 5.82 Å². The predicted molar refractivity (Wildman–Crippen MR) is 73.2 cm³/mol. The fraction of sp³-hybridized carbons (Fsp3) is 0.231. The molecule has 2 N–H and O–H groups in total. The molecule has 0 unspecified atom stereocenters. The van der Waals surface area contributed by atoms with Gasteiger partial charge in [0.15, 0.2) is 0 Å². The largest absolute Gasteiger partial charge is 0.466 e. The molecule has 0 saturated carbocycles. The Morgan fingerprint density at radius 3 is 2.75 bits per heavy atom. The summed E-state index contributed by atoms with van der Waals surface area (Å²) in [5, 5.41) is 5.00. The second-order valence-corrected chi connectivity index (χ2v) is 5.14. The molecule has 0 spiro atoms. The first-order valence-corrected chi connectivity index (χ1v) is 6.55. The monoisotopic (exact) mass is 342 g/mol. The minimum absolute atomic E-state index is 0.174. The van der Waals surface area contributed by atoms with Crippen LogP contribution in [0.4, 0.5) is 9.18 Å². The molecule has 5 nitrogen and oxygen atoms in total. The van der Waals surface area contributed by atoms with Crippen molar-refractivity contribution < 1.29 is 18.7 Å². The van der Waals surface area contributed by atoms with Crippen molar-refractivity contribution >= 4 is 27.9 Å². The second kappa shape index (κ2) is 5.62. The molecule has 1 aliphatic heterocycles. The number of urea groups is 1. The van der Waals surface area contributed by atoms with Gasteiger partial charge in [0.2, 0.25) is 0 Å². The average Bonchev–Trinajstić information content (AvgIpc) is 2.37. The molecule has 0 bridgehead atoms. The van der Waals surface area contributed by atoms with Crippen LogP contribution in [0.3, 0.4) is 0 Å². The number of allylic oxidation sites excluding steroid dienone is 1. The standard InChI is InChI=1S/C13H12BrFN2O3/c1-6-10(12(18)20-2)11(17-13(19)16-6)8-4-3-7(14)5-9(8)15/h3-5,11H,1-2H3,(H2,16,17,19)/t11-/m1/s1. The normalized spacial score (nSPS) is 18.4. The van der Waals surface area contributed by atoms with Gasteiger partial charge in [0.05, 0.1) is 18.7 Å². The number of hydrogen-bond acceptors (Lipinski definition) is 3. The lowest BCUT2D eigenvalue weighted by Gasteiger charge is -2.28. The number of amides is 2. The molecule has 0 fully saturated rings. The molecule has 1 aromatic carbocycles. The summed E-state index contributed by atoms with van der Waals surface area (Å²) >= 11 is 3.16. The van der Waals surface area contributed by atoms with Gasteiger partial charge in [-0.15, -0.1) is 0 Å². The van der Waals surface area contributed by atoms with Gasteiger partial charge in [0, 0.05) is 15.7 Å². The topological polar surface area (TPSA) is 67.4 Å². The first-order valence-electron chi connectivity index (χ1n) is 5.75. The number of nitrogens with one attached hydrogen (secondary N) is 2. The van der Waals surface area contributed by atoms with Crippen molar-refractivity contribution in [1.29, 1.82) is 0 Å². The third kappa shape index (κ3) is 2.67. The highest BCUT2D eigenvalue weighted by Gasteiger charge is 2.33. The number of ether oxygens (including phenoxy) is 1. The maximum atomic E-state index is 14.1. The Labute approximate surface area is 123 Å². The van der Waals surface area contributed by atoms with E-state index in [1.807, 2.05) is 0 Å². The Bertz CT molecular complexity index is 616. The lowest BCUT2D eigenvalue weighted by Crippen LogP contribution is -2.45. The Kier molecular flexibility index (Phi) is 4.08. The van der Waals surface area contributed by atoms with E-state index in [1.54, 1.807) is 13.0 Å². The van der Waals surface area contributed by atoms with Crippen LogP contribution in [0.2, 0.25) is 0 Å². The first-order chi connectivity index (χ1) is 9.43. The number of rotatable bonds is 2. The van der Waals surface area contributed by atoms with Gasteiger partial charge in [-0.2, -0.15) is 0 Å². The zero-order valence-electron chi connectivity index (χ0n) is 10.8. The highest BCUT2D eigenvalue weighted by atomic mass is 79.9. The highest BCUT2D eigenvalue weighted by molar-refractivity contribution is 9.10. The zero-order valence-corrected chi connectivity index (χ0v) is 12.4. The van der Waals surface area contributed by atoms with Crippen LogP contribution in [0.5, 0.6) is 0 Å². The molecule has 106 valence electrons. The second-order valence-electron chi connectivity index (χ2n) is 4.23. The molecule has 0 saturated heterocycles. The third-order valence-corrected chi connectivity index (χ3v) is 3.44. The van der Waals surface area contributed by atoms with Crippen LogP contribution in [-0.2, 0) is 9.53 Å². The Balaban J connectivity index is 2.54. The molecule has 0 aromatic heterocycles. The van der Waals surface area contributed by atoms with E-state index in [1.165, 1.54) is 19.2 Å². The Morgan fingerprint density at radius 2 is 2.15 bits per heavy atom. The van der Waals surface area contributed by atoms with Crippen molar-refractivity contribution in [3.63, 3.8) is 0 Å². The smallest absolute Gasteiger partial charge is 0.337 e. The molecule has 1 heterocycles. The molecule has 0 aliphatic carbocycles. The van der Waals surface area contributed by atoms with Crippen molar-refractivity contribution in [3.05, 3.63) is 45.3 Å². The lowest BCUT2D eigenvalue weighted by molar-refractivity contribution is -0.136. The van der Waals surface area contributed by atoms with E-state index < -0.39 is 23.9 Å². The van der Waals surface area contributed by atoms with Crippen molar-refractivity contribution in [1.82, 2.24) is 10.6 Å². The molecule has 1 aliphatic rings. The van der Waals surface area contributed by atoms with Crippen molar-refractivity contribution in [2.45, 2.75) is 13.0 Å². The maximum Gasteiger partial charge on any atom is 0.337 e. The molecule has 1 atom stereocenters. The summed E-state index contributed by atoms with van der Waals surface area (Å²) in [4.78, 5) is 23.4. The van der Waals surface area contributed by atoms with Crippen molar-refractivity contribution in [3.8, 4) is 0 Å². The summed E-state index contributed by atoms with van der Waals surface area (Å²) in [6.45, 7) is 1.56.